The molecule has 1 atom stereocenters. The predicted octanol–water partition coefficient (Wildman–Crippen LogP) is 2.87. The van der Waals surface area contributed by atoms with E-state index in [1.165, 1.54) is 12.7 Å². The summed E-state index contributed by atoms with van der Waals surface area (Å²) in [5, 5.41) is 0. The topological polar surface area (TPSA) is 46.6 Å². The van der Waals surface area contributed by atoms with Crippen LogP contribution in [-0.2, 0) is 14.9 Å². The van der Waals surface area contributed by atoms with Crippen LogP contribution >= 0.6 is 0 Å². The molecule has 0 N–H and O–H groups in total. The molecule has 1 amide bonds. The largest absolute Gasteiger partial charge is 0.469 e. The molecular weight excluding hydrogens is 266 g/mol. The van der Waals surface area contributed by atoms with Gasteiger partial charge < -0.3 is 9.64 Å². The Kier molecular flexibility index (Phi) is 5.53. The Hall–Kier alpha value is -1.84. The van der Waals surface area contributed by atoms with Gasteiger partial charge in [-0.15, -0.1) is 0 Å². The van der Waals surface area contributed by atoms with Crippen LogP contribution in [-0.4, -0.2) is 37.5 Å². The van der Waals surface area contributed by atoms with Gasteiger partial charge in [0.25, 0.3) is 5.91 Å². The van der Waals surface area contributed by atoms with Crippen molar-refractivity contribution in [2.24, 2.45) is 5.92 Å². The van der Waals surface area contributed by atoms with E-state index in [1.54, 1.807) is 18.9 Å². The van der Waals surface area contributed by atoms with Crippen LogP contribution in [0.25, 0.3) is 0 Å². The van der Waals surface area contributed by atoms with Crippen molar-refractivity contribution < 1.29 is 14.3 Å². The third kappa shape index (κ3) is 4.59. The van der Waals surface area contributed by atoms with Crippen molar-refractivity contribution in [3.63, 3.8) is 0 Å². The number of ether oxygens (including phenoxy) is 1. The lowest BCUT2D eigenvalue weighted by molar-refractivity contribution is -0.145. The van der Waals surface area contributed by atoms with Gasteiger partial charge in [-0.25, -0.2) is 0 Å². The molecule has 4 heteroatoms. The third-order valence-electron chi connectivity index (χ3n) is 3.50. The number of esters is 1. The highest BCUT2D eigenvalue weighted by Crippen LogP contribution is 2.22. The van der Waals surface area contributed by atoms with Gasteiger partial charge in [-0.2, -0.15) is 0 Å². The summed E-state index contributed by atoms with van der Waals surface area (Å²) in [6, 6.07) is 7.63. The fraction of sp³-hybridized carbons (Fsp3) is 0.529. The number of carbonyl (C=O) groups excluding carboxylic acids is 2. The SMILES string of the molecule is COC(=O)C(C)CN(C)C(=O)c1ccc(C(C)(C)C)cc1. The van der Waals surface area contributed by atoms with Crippen LogP contribution in [0.15, 0.2) is 24.3 Å². The maximum absolute atomic E-state index is 12.3. The van der Waals surface area contributed by atoms with Gasteiger partial charge in [0.15, 0.2) is 0 Å². The molecule has 1 unspecified atom stereocenters. The molecule has 1 aromatic rings. The van der Waals surface area contributed by atoms with Crippen LogP contribution in [0.4, 0.5) is 0 Å². The Labute approximate surface area is 127 Å². The summed E-state index contributed by atoms with van der Waals surface area (Å²) in [4.78, 5) is 25.3. The van der Waals surface area contributed by atoms with Gasteiger partial charge in [0, 0.05) is 19.2 Å². The molecule has 0 aliphatic carbocycles. The van der Waals surface area contributed by atoms with Crippen LogP contribution < -0.4 is 0 Å². The summed E-state index contributed by atoms with van der Waals surface area (Å²) < 4.78 is 4.67. The fourth-order valence-corrected chi connectivity index (χ4v) is 2.10. The molecular formula is C17H25NO3. The van der Waals surface area contributed by atoms with Crippen molar-refractivity contribution in [2.75, 3.05) is 20.7 Å². The summed E-state index contributed by atoms with van der Waals surface area (Å²) in [6.07, 6.45) is 0. The first-order valence-corrected chi connectivity index (χ1v) is 7.10. The quantitative estimate of drug-likeness (QED) is 0.801. The molecule has 4 nitrogen and oxygen atoms in total. The summed E-state index contributed by atoms with van der Waals surface area (Å²) >= 11 is 0. The lowest BCUT2D eigenvalue weighted by atomic mass is 9.86. The highest BCUT2D eigenvalue weighted by molar-refractivity contribution is 5.94. The minimum atomic E-state index is -0.335. The number of carbonyl (C=O) groups is 2. The minimum Gasteiger partial charge on any atom is -0.469 e. The van der Waals surface area contributed by atoms with Crippen molar-refractivity contribution in [1.29, 1.82) is 0 Å². The molecule has 0 saturated carbocycles. The van der Waals surface area contributed by atoms with Crippen molar-refractivity contribution in [2.45, 2.75) is 33.1 Å². The smallest absolute Gasteiger partial charge is 0.310 e. The molecule has 21 heavy (non-hydrogen) atoms. The first kappa shape index (κ1) is 17.2. The lowest BCUT2D eigenvalue weighted by Crippen LogP contribution is -2.34. The van der Waals surface area contributed by atoms with E-state index in [0.717, 1.165) is 0 Å². The first-order chi connectivity index (χ1) is 9.66. The summed E-state index contributed by atoms with van der Waals surface area (Å²) in [7, 11) is 3.05. The van der Waals surface area contributed by atoms with Gasteiger partial charge in [0.1, 0.15) is 0 Å². The molecule has 116 valence electrons. The second kappa shape index (κ2) is 6.74. The molecule has 0 saturated heterocycles. The van der Waals surface area contributed by atoms with Gasteiger partial charge in [0.2, 0.25) is 0 Å². The molecule has 0 radical (unpaired) electrons. The highest BCUT2D eigenvalue weighted by atomic mass is 16.5. The predicted molar refractivity (Wildman–Crippen MR) is 83.3 cm³/mol. The molecule has 0 aliphatic heterocycles. The molecule has 0 spiro atoms. The van der Waals surface area contributed by atoms with Gasteiger partial charge in [0.05, 0.1) is 13.0 Å². The number of hydrogen-bond acceptors (Lipinski definition) is 3. The molecule has 0 fully saturated rings. The Balaban J connectivity index is 2.77. The zero-order valence-corrected chi connectivity index (χ0v) is 13.8. The Bertz CT molecular complexity index is 500. The van der Waals surface area contributed by atoms with Crippen LogP contribution in [0.1, 0.15) is 43.6 Å². The van der Waals surface area contributed by atoms with Crippen LogP contribution in [0.5, 0.6) is 0 Å². The highest BCUT2D eigenvalue weighted by Gasteiger charge is 2.20. The molecule has 0 heterocycles. The monoisotopic (exact) mass is 291 g/mol. The number of nitrogens with zero attached hydrogens (tertiary/aromatic N) is 1. The molecule has 1 rings (SSSR count). The van der Waals surface area contributed by atoms with E-state index >= 15 is 0 Å². The zero-order chi connectivity index (χ0) is 16.2. The molecule has 0 aliphatic rings. The van der Waals surface area contributed by atoms with Crippen LogP contribution in [0, 0.1) is 5.92 Å². The maximum Gasteiger partial charge on any atom is 0.310 e. The Morgan fingerprint density at radius 2 is 1.71 bits per heavy atom. The zero-order valence-electron chi connectivity index (χ0n) is 13.8. The van der Waals surface area contributed by atoms with Crippen LogP contribution in [0.3, 0.4) is 0 Å². The van der Waals surface area contributed by atoms with Crippen LogP contribution in [0.2, 0.25) is 0 Å². The van der Waals surface area contributed by atoms with Crippen molar-refractivity contribution >= 4 is 11.9 Å². The Morgan fingerprint density at radius 3 is 2.14 bits per heavy atom. The van der Waals surface area contributed by atoms with Gasteiger partial charge >= 0.3 is 5.97 Å². The van der Waals surface area contributed by atoms with Gasteiger partial charge in [-0.1, -0.05) is 39.8 Å². The number of amides is 1. The average Bonchev–Trinajstić information content (AvgIpc) is 2.44. The van der Waals surface area contributed by atoms with Gasteiger partial charge in [-0.3, -0.25) is 9.59 Å². The summed E-state index contributed by atoms with van der Waals surface area (Å²) in [5.41, 5.74) is 1.87. The molecule has 1 aromatic carbocycles. The second-order valence-corrected chi connectivity index (χ2v) is 6.44. The van der Waals surface area contributed by atoms with Crippen molar-refractivity contribution in [3.05, 3.63) is 35.4 Å². The van der Waals surface area contributed by atoms with Crippen molar-refractivity contribution in [1.82, 2.24) is 4.90 Å². The number of methoxy groups -OCH3 is 1. The van der Waals surface area contributed by atoms with E-state index in [0.29, 0.717) is 12.1 Å². The summed E-state index contributed by atoms with van der Waals surface area (Å²) in [6.45, 7) is 8.49. The number of rotatable bonds is 4. The van der Waals surface area contributed by atoms with Crippen molar-refractivity contribution in [3.8, 4) is 0 Å². The van der Waals surface area contributed by atoms with E-state index in [4.69, 9.17) is 0 Å². The molecule has 0 bridgehead atoms. The minimum absolute atomic E-state index is 0.0624. The van der Waals surface area contributed by atoms with E-state index in [9.17, 15) is 9.59 Å². The average molecular weight is 291 g/mol. The van der Waals surface area contributed by atoms with Gasteiger partial charge in [-0.05, 0) is 23.1 Å². The second-order valence-electron chi connectivity index (χ2n) is 6.44. The lowest BCUT2D eigenvalue weighted by Gasteiger charge is -2.22. The fourth-order valence-electron chi connectivity index (χ4n) is 2.10. The van der Waals surface area contributed by atoms with E-state index in [2.05, 4.69) is 25.5 Å². The normalized spacial score (nSPS) is 12.7. The number of benzene rings is 1. The Morgan fingerprint density at radius 1 is 1.19 bits per heavy atom. The number of hydrogen-bond donors (Lipinski definition) is 0. The molecule has 0 aromatic heterocycles. The third-order valence-corrected chi connectivity index (χ3v) is 3.50. The standard InChI is InChI=1S/C17H25NO3/c1-12(16(20)21-6)11-18(5)15(19)13-7-9-14(10-8-13)17(2,3)4/h7-10,12H,11H2,1-6H3. The first-order valence-electron chi connectivity index (χ1n) is 7.10. The maximum atomic E-state index is 12.3. The summed E-state index contributed by atoms with van der Waals surface area (Å²) in [5.74, 6) is -0.734. The van der Waals surface area contributed by atoms with E-state index in [1.807, 2.05) is 24.3 Å². The van der Waals surface area contributed by atoms with E-state index < -0.39 is 0 Å². The van der Waals surface area contributed by atoms with E-state index in [-0.39, 0.29) is 23.2 Å².